The van der Waals surface area contributed by atoms with Crippen LogP contribution in [0.3, 0.4) is 0 Å². The van der Waals surface area contributed by atoms with Crippen molar-refractivity contribution in [2.45, 2.75) is 45.7 Å². The summed E-state index contributed by atoms with van der Waals surface area (Å²) in [5, 5.41) is 20.7. The van der Waals surface area contributed by atoms with E-state index in [4.69, 9.17) is 5.11 Å². The minimum Gasteiger partial charge on any atom is -0.480 e. The van der Waals surface area contributed by atoms with Crippen LogP contribution in [-0.2, 0) is 4.79 Å². The summed E-state index contributed by atoms with van der Waals surface area (Å²) in [6.45, 7) is 6.85. The van der Waals surface area contributed by atoms with Gasteiger partial charge < -0.3 is 20.4 Å². The number of nitrogens with one attached hydrogen (secondary N) is 1. The van der Waals surface area contributed by atoms with Crippen LogP contribution in [0.4, 0.5) is 4.79 Å². The third kappa shape index (κ3) is 4.18. The number of carbonyl (C=O) groups is 2. The lowest BCUT2D eigenvalue weighted by atomic mass is 9.99. The number of likely N-dealkylation sites (N-methyl/N-ethyl adjacent to an activating group) is 1. The van der Waals surface area contributed by atoms with E-state index in [-0.39, 0.29) is 12.5 Å². The second-order valence-corrected chi connectivity index (χ2v) is 5.18. The number of carboxylic acids is 1. The van der Waals surface area contributed by atoms with Crippen LogP contribution in [0.25, 0.3) is 0 Å². The molecule has 0 aliphatic rings. The largest absolute Gasteiger partial charge is 0.480 e. The highest BCUT2D eigenvalue weighted by Gasteiger charge is 2.31. The molecule has 0 aliphatic carbocycles. The molecule has 6 nitrogen and oxygen atoms in total. The molecule has 18 heavy (non-hydrogen) atoms. The lowest BCUT2D eigenvalue weighted by Crippen LogP contribution is -2.56. The number of amides is 2. The van der Waals surface area contributed by atoms with Crippen molar-refractivity contribution in [3.63, 3.8) is 0 Å². The van der Waals surface area contributed by atoms with Gasteiger partial charge in [0.1, 0.15) is 6.04 Å². The van der Waals surface area contributed by atoms with Crippen molar-refractivity contribution in [1.82, 2.24) is 10.2 Å². The Kier molecular flexibility index (Phi) is 6.11. The lowest BCUT2D eigenvalue weighted by Gasteiger charge is -2.35. The molecule has 2 amide bonds. The average molecular weight is 260 g/mol. The molecular formula is C12H24N2O4. The molecule has 0 unspecified atom stereocenters. The molecule has 106 valence electrons. The molecule has 0 aliphatic heterocycles. The van der Waals surface area contributed by atoms with Crippen LogP contribution in [0.1, 0.15) is 34.1 Å². The van der Waals surface area contributed by atoms with Gasteiger partial charge in [0.15, 0.2) is 0 Å². The van der Waals surface area contributed by atoms with E-state index in [0.717, 1.165) is 0 Å². The van der Waals surface area contributed by atoms with Crippen LogP contribution in [0, 0.1) is 5.92 Å². The van der Waals surface area contributed by atoms with Crippen molar-refractivity contribution in [3.8, 4) is 0 Å². The quantitative estimate of drug-likeness (QED) is 0.662. The van der Waals surface area contributed by atoms with Crippen molar-refractivity contribution in [2.75, 3.05) is 13.7 Å². The minimum absolute atomic E-state index is 0.155. The Morgan fingerprint density at radius 1 is 1.39 bits per heavy atom. The van der Waals surface area contributed by atoms with Gasteiger partial charge in [0.05, 0.1) is 12.1 Å². The van der Waals surface area contributed by atoms with Crippen molar-refractivity contribution >= 4 is 12.0 Å². The second kappa shape index (κ2) is 6.58. The van der Waals surface area contributed by atoms with Gasteiger partial charge in [0, 0.05) is 7.05 Å². The monoisotopic (exact) mass is 260 g/mol. The number of carbonyl (C=O) groups excluding carboxylic acids is 1. The van der Waals surface area contributed by atoms with Gasteiger partial charge in [-0.2, -0.15) is 0 Å². The van der Waals surface area contributed by atoms with E-state index in [9.17, 15) is 14.7 Å². The maximum atomic E-state index is 11.9. The van der Waals surface area contributed by atoms with E-state index >= 15 is 0 Å². The van der Waals surface area contributed by atoms with Crippen LogP contribution >= 0.6 is 0 Å². The Labute approximate surface area is 108 Å². The Morgan fingerprint density at radius 3 is 2.22 bits per heavy atom. The Bertz CT molecular complexity index is 304. The molecule has 0 radical (unpaired) electrons. The number of nitrogens with zero attached hydrogens (tertiary/aromatic N) is 1. The van der Waals surface area contributed by atoms with Crippen molar-refractivity contribution in [3.05, 3.63) is 0 Å². The summed E-state index contributed by atoms with van der Waals surface area (Å²) in [5.41, 5.74) is -0.734. The highest BCUT2D eigenvalue weighted by Crippen LogP contribution is 2.13. The molecule has 3 N–H and O–H groups in total. The molecule has 6 heteroatoms. The molecule has 0 aromatic carbocycles. The normalized spacial score (nSPS) is 14.8. The van der Waals surface area contributed by atoms with Crippen LogP contribution in [0.15, 0.2) is 0 Å². The highest BCUT2D eigenvalue weighted by molar-refractivity contribution is 5.83. The van der Waals surface area contributed by atoms with Crippen LogP contribution in [0.2, 0.25) is 0 Å². The van der Waals surface area contributed by atoms with E-state index in [1.54, 1.807) is 20.8 Å². The van der Waals surface area contributed by atoms with Gasteiger partial charge in [-0.25, -0.2) is 9.59 Å². The van der Waals surface area contributed by atoms with Gasteiger partial charge in [0.2, 0.25) is 0 Å². The molecule has 0 heterocycles. The van der Waals surface area contributed by atoms with Gasteiger partial charge in [0.25, 0.3) is 0 Å². The summed E-state index contributed by atoms with van der Waals surface area (Å²) in [4.78, 5) is 24.3. The minimum atomic E-state index is -1.05. The van der Waals surface area contributed by atoms with E-state index in [1.807, 2.05) is 6.92 Å². The molecule has 0 aromatic heterocycles. The fourth-order valence-corrected chi connectivity index (χ4v) is 1.29. The average Bonchev–Trinajstić information content (AvgIpc) is 2.33. The van der Waals surface area contributed by atoms with Gasteiger partial charge in [-0.05, 0) is 19.8 Å². The first kappa shape index (κ1) is 16.7. The van der Waals surface area contributed by atoms with Crippen LogP contribution < -0.4 is 5.32 Å². The van der Waals surface area contributed by atoms with Crippen LogP contribution in [-0.4, -0.2) is 52.3 Å². The third-order valence-corrected chi connectivity index (χ3v) is 3.36. The zero-order valence-electron chi connectivity index (χ0n) is 11.7. The van der Waals surface area contributed by atoms with Crippen molar-refractivity contribution < 1.29 is 19.8 Å². The van der Waals surface area contributed by atoms with Crippen molar-refractivity contribution in [2.24, 2.45) is 5.92 Å². The SMILES string of the molecule is CC[C@H](C)[C@H](NC(=O)N(C)C(C)(C)CO)C(=O)O. The van der Waals surface area contributed by atoms with E-state index in [2.05, 4.69) is 5.32 Å². The fraction of sp³-hybridized carbons (Fsp3) is 0.833. The zero-order valence-corrected chi connectivity index (χ0v) is 11.7. The van der Waals surface area contributed by atoms with Crippen LogP contribution in [0.5, 0.6) is 0 Å². The van der Waals surface area contributed by atoms with Gasteiger partial charge in [-0.1, -0.05) is 20.3 Å². The molecule has 0 rings (SSSR count). The smallest absolute Gasteiger partial charge is 0.326 e. The molecular weight excluding hydrogens is 236 g/mol. The number of aliphatic hydroxyl groups excluding tert-OH is 1. The first-order chi connectivity index (χ1) is 8.17. The maximum Gasteiger partial charge on any atom is 0.326 e. The number of hydrogen-bond donors (Lipinski definition) is 3. The molecule has 0 saturated carbocycles. The molecule has 2 atom stereocenters. The number of hydrogen-bond acceptors (Lipinski definition) is 3. The Hall–Kier alpha value is -1.30. The Morgan fingerprint density at radius 2 is 1.89 bits per heavy atom. The summed E-state index contributed by atoms with van der Waals surface area (Å²) < 4.78 is 0. The predicted octanol–water partition coefficient (Wildman–Crippen LogP) is 0.898. The number of urea groups is 1. The molecule has 0 fully saturated rings. The zero-order chi connectivity index (χ0) is 14.5. The summed E-state index contributed by atoms with van der Waals surface area (Å²) >= 11 is 0. The molecule has 0 spiro atoms. The standard InChI is InChI=1S/C12H24N2O4/c1-6-8(2)9(10(16)17)13-11(18)14(5)12(3,4)7-15/h8-9,15H,6-7H2,1-5H3,(H,13,18)(H,16,17)/t8-,9-/m0/s1. The van der Waals surface area contributed by atoms with Gasteiger partial charge in [-0.3, -0.25) is 0 Å². The van der Waals surface area contributed by atoms with E-state index < -0.39 is 23.6 Å². The highest BCUT2D eigenvalue weighted by atomic mass is 16.4. The molecule has 0 saturated heterocycles. The Balaban J connectivity index is 4.76. The molecule has 0 bridgehead atoms. The van der Waals surface area contributed by atoms with E-state index in [0.29, 0.717) is 6.42 Å². The topological polar surface area (TPSA) is 89.9 Å². The number of rotatable bonds is 6. The fourth-order valence-electron chi connectivity index (χ4n) is 1.29. The van der Waals surface area contributed by atoms with Gasteiger partial charge in [-0.15, -0.1) is 0 Å². The summed E-state index contributed by atoms with van der Waals surface area (Å²) in [7, 11) is 1.53. The number of aliphatic hydroxyl groups is 1. The number of carboxylic acid groups (broad SMARTS) is 1. The second-order valence-electron chi connectivity index (χ2n) is 5.18. The third-order valence-electron chi connectivity index (χ3n) is 3.36. The first-order valence-corrected chi connectivity index (χ1v) is 6.05. The number of aliphatic carboxylic acids is 1. The summed E-state index contributed by atoms with van der Waals surface area (Å²) in [5.74, 6) is -1.20. The first-order valence-electron chi connectivity index (χ1n) is 6.05. The summed E-state index contributed by atoms with van der Waals surface area (Å²) in [6, 6.07) is -1.42. The van der Waals surface area contributed by atoms with Crippen molar-refractivity contribution in [1.29, 1.82) is 0 Å². The summed E-state index contributed by atoms with van der Waals surface area (Å²) in [6.07, 6.45) is 0.657. The maximum absolute atomic E-state index is 11.9. The lowest BCUT2D eigenvalue weighted by molar-refractivity contribution is -0.140. The predicted molar refractivity (Wildman–Crippen MR) is 68.3 cm³/mol. The molecule has 0 aromatic rings. The van der Waals surface area contributed by atoms with Gasteiger partial charge >= 0.3 is 12.0 Å². The van der Waals surface area contributed by atoms with E-state index in [1.165, 1.54) is 11.9 Å².